The van der Waals surface area contributed by atoms with E-state index >= 15 is 0 Å². The molecule has 0 aromatic heterocycles. The Hall–Kier alpha value is -0.610. The molecule has 1 fully saturated rings. The van der Waals surface area contributed by atoms with E-state index in [9.17, 15) is 0 Å². The molecule has 1 saturated carbocycles. The Labute approximate surface area is 92.3 Å². The van der Waals surface area contributed by atoms with Gasteiger partial charge in [-0.15, -0.1) is 0 Å². The van der Waals surface area contributed by atoms with E-state index in [2.05, 4.69) is 11.8 Å². The Balaban J connectivity index is 2.54. The maximum Gasteiger partial charge on any atom is 0.108 e. The predicted molar refractivity (Wildman–Crippen MR) is 62.1 cm³/mol. The lowest BCUT2D eigenvalue weighted by Gasteiger charge is -2.33. The number of nitrogens with one attached hydrogen (secondary N) is 1. The quantitative estimate of drug-likeness (QED) is 0.491. The second-order valence-corrected chi connectivity index (χ2v) is 4.44. The van der Waals surface area contributed by atoms with Gasteiger partial charge in [-0.1, -0.05) is 0 Å². The number of hydrogen-bond acceptors (Lipinski definition) is 3. The number of rotatable bonds is 7. The van der Waals surface area contributed by atoms with Crippen LogP contribution in [0.3, 0.4) is 0 Å². The van der Waals surface area contributed by atoms with Gasteiger partial charge in [0.25, 0.3) is 0 Å². The Bertz CT molecular complexity index is 216. The van der Waals surface area contributed by atoms with Gasteiger partial charge in [0.05, 0.1) is 12.6 Å². The molecule has 0 aliphatic heterocycles. The molecule has 2 atom stereocenters. The SMILES string of the molecule is COCCN(C(C)C(=N)N)C(C)C1CC1. The molecule has 0 radical (unpaired) electrons. The van der Waals surface area contributed by atoms with Gasteiger partial charge in [-0.3, -0.25) is 10.3 Å². The van der Waals surface area contributed by atoms with E-state index in [1.54, 1.807) is 7.11 Å². The van der Waals surface area contributed by atoms with Crippen LogP contribution in [0.25, 0.3) is 0 Å². The third-order valence-corrected chi connectivity index (χ3v) is 3.33. The first kappa shape index (κ1) is 12.5. The number of nitrogens with two attached hydrogens (primary N) is 1. The first-order chi connectivity index (χ1) is 7.07. The number of amidine groups is 1. The van der Waals surface area contributed by atoms with Crippen LogP contribution in [0.1, 0.15) is 26.7 Å². The van der Waals surface area contributed by atoms with Crippen molar-refractivity contribution in [2.75, 3.05) is 20.3 Å². The summed E-state index contributed by atoms with van der Waals surface area (Å²) in [4.78, 5) is 2.28. The van der Waals surface area contributed by atoms with Gasteiger partial charge in [-0.2, -0.15) is 0 Å². The highest BCUT2D eigenvalue weighted by molar-refractivity contribution is 5.82. The highest BCUT2D eigenvalue weighted by atomic mass is 16.5. The minimum Gasteiger partial charge on any atom is -0.386 e. The van der Waals surface area contributed by atoms with Crippen molar-refractivity contribution in [3.05, 3.63) is 0 Å². The van der Waals surface area contributed by atoms with Crippen molar-refractivity contribution in [2.24, 2.45) is 11.7 Å². The van der Waals surface area contributed by atoms with Crippen LogP contribution in [-0.4, -0.2) is 43.1 Å². The fraction of sp³-hybridized carbons (Fsp3) is 0.909. The van der Waals surface area contributed by atoms with Crippen molar-refractivity contribution < 1.29 is 4.74 Å². The second kappa shape index (κ2) is 5.47. The molecule has 0 heterocycles. The molecule has 0 amide bonds. The van der Waals surface area contributed by atoms with Crippen LogP contribution < -0.4 is 5.73 Å². The zero-order valence-electron chi connectivity index (χ0n) is 9.99. The Morgan fingerprint density at radius 3 is 2.53 bits per heavy atom. The number of nitrogens with zero attached hydrogens (tertiary/aromatic N) is 1. The smallest absolute Gasteiger partial charge is 0.108 e. The molecule has 4 heteroatoms. The number of methoxy groups -OCH3 is 1. The first-order valence-electron chi connectivity index (χ1n) is 5.66. The monoisotopic (exact) mass is 213 g/mol. The summed E-state index contributed by atoms with van der Waals surface area (Å²) in [7, 11) is 1.71. The zero-order chi connectivity index (χ0) is 11.4. The van der Waals surface area contributed by atoms with Crippen LogP contribution in [-0.2, 0) is 4.74 Å². The molecule has 3 N–H and O–H groups in total. The summed E-state index contributed by atoms with van der Waals surface area (Å²) in [6.45, 7) is 5.78. The van der Waals surface area contributed by atoms with Crippen LogP contribution >= 0.6 is 0 Å². The van der Waals surface area contributed by atoms with Gasteiger partial charge in [-0.25, -0.2) is 0 Å². The summed E-state index contributed by atoms with van der Waals surface area (Å²) in [6.07, 6.45) is 2.63. The summed E-state index contributed by atoms with van der Waals surface area (Å²) >= 11 is 0. The van der Waals surface area contributed by atoms with Crippen molar-refractivity contribution in [1.82, 2.24) is 4.90 Å². The van der Waals surface area contributed by atoms with E-state index in [0.717, 1.165) is 12.5 Å². The predicted octanol–water partition coefficient (Wildman–Crippen LogP) is 1.06. The molecule has 15 heavy (non-hydrogen) atoms. The summed E-state index contributed by atoms with van der Waals surface area (Å²) in [5.74, 6) is 1.04. The van der Waals surface area contributed by atoms with Crippen LogP contribution in [0.2, 0.25) is 0 Å². The maximum atomic E-state index is 7.52. The Kier molecular flexibility index (Phi) is 4.54. The fourth-order valence-electron chi connectivity index (χ4n) is 1.97. The van der Waals surface area contributed by atoms with Gasteiger partial charge >= 0.3 is 0 Å². The van der Waals surface area contributed by atoms with Gasteiger partial charge in [0, 0.05) is 19.7 Å². The average Bonchev–Trinajstić information content (AvgIpc) is 3.00. The molecule has 4 nitrogen and oxygen atoms in total. The molecule has 1 aliphatic carbocycles. The summed E-state index contributed by atoms with van der Waals surface area (Å²) in [6, 6.07) is 0.537. The summed E-state index contributed by atoms with van der Waals surface area (Å²) < 4.78 is 5.10. The summed E-state index contributed by atoms with van der Waals surface area (Å²) in [5, 5.41) is 7.52. The standard InChI is InChI=1S/C11H23N3O/c1-8(10-4-5-10)14(6-7-15-3)9(2)11(12)13/h8-10H,4-7H2,1-3H3,(H3,12,13). The van der Waals surface area contributed by atoms with Crippen molar-refractivity contribution in [1.29, 1.82) is 5.41 Å². The highest BCUT2D eigenvalue weighted by Crippen LogP contribution is 2.35. The van der Waals surface area contributed by atoms with Crippen molar-refractivity contribution >= 4 is 5.84 Å². The number of ether oxygens (including phenoxy) is 1. The van der Waals surface area contributed by atoms with E-state index in [-0.39, 0.29) is 11.9 Å². The second-order valence-electron chi connectivity index (χ2n) is 4.44. The summed E-state index contributed by atoms with van der Waals surface area (Å²) in [5.41, 5.74) is 5.57. The molecule has 1 rings (SSSR count). The molecule has 2 unspecified atom stereocenters. The first-order valence-corrected chi connectivity index (χ1v) is 5.66. The fourth-order valence-corrected chi connectivity index (χ4v) is 1.97. The zero-order valence-corrected chi connectivity index (χ0v) is 9.99. The van der Waals surface area contributed by atoms with E-state index in [1.165, 1.54) is 12.8 Å². The molecule has 1 aliphatic rings. The van der Waals surface area contributed by atoms with Crippen molar-refractivity contribution in [3.63, 3.8) is 0 Å². The molecule has 0 saturated heterocycles. The van der Waals surface area contributed by atoms with Gasteiger partial charge in [0.15, 0.2) is 0 Å². The van der Waals surface area contributed by atoms with E-state index in [4.69, 9.17) is 15.9 Å². The molecule has 0 spiro atoms. The average molecular weight is 213 g/mol. The van der Waals surface area contributed by atoms with Crippen LogP contribution in [0.15, 0.2) is 0 Å². The molecular weight excluding hydrogens is 190 g/mol. The molecular formula is C11H23N3O. The molecule has 0 aromatic rings. The van der Waals surface area contributed by atoms with Gasteiger partial charge < -0.3 is 10.5 Å². The van der Waals surface area contributed by atoms with Crippen LogP contribution in [0.4, 0.5) is 0 Å². The van der Waals surface area contributed by atoms with Gasteiger partial charge in [0.2, 0.25) is 0 Å². The minimum atomic E-state index is 0.0238. The van der Waals surface area contributed by atoms with Gasteiger partial charge in [-0.05, 0) is 32.6 Å². The maximum absolute atomic E-state index is 7.52. The highest BCUT2D eigenvalue weighted by Gasteiger charge is 2.34. The van der Waals surface area contributed by atoms with Crippen molar-refractivity contribution in [3.8, 4) is 0 Å². The topological polar surface area (TPSA) is 62.3 Å². The Morgan fingerprint density at radius 1 is 1.53 bits per heavy atom. The Morgan fingerprint density at radius 2 is 2.13 bits per heavy atom. The molecule has 0 bridgehead atoms. The molecule has 88 valence electrons. The third-order valence-electron chi connectivity index (χ3n) is 3.33. The van der Waals surface area contributed by atoms with Crippen LogP contribution in [0, 0.1) is 11.3 Å². The van der Waals surface area contributed by atoms with E-state index in [0.29, 0.717) is 12.6 Å². The van der Waals surface area contributed by atoms with E-state index in [1.807, 2.05) is 6.92 Å². The van der Waals surface area contributed by atoms with Gasteiger partial charge in [0.1, 0.15) is 5.84 Å². The normalized spacial score (nSPS) is 20.3. The lowest BCUT2D eigenvalue weighted by Crippen LogP contribution is -2.49. The minimum absolute atomic E-state index is 0.0238. The lowest BCUT2D eigenvalue weighted by molar-refractivity contribution is 0.107. The molecule has 0 aromatic carbocycles. The lowest BCUT2D eigenvalue weighted by atomic mass is 10.1. The van der Waals surface area contributed by atoms with Crippen molar-refractivity contribution in [2.45, 2.75) is 38.8 Å². The van der Waals surface area contributed by atoms with E-state index < -0.39 is 0 Å². The third kappa shape index (κ3) is 3.47. The largest absolute Gasteiger partial charge is 0.386 e. The van der Waals surface area contributed by atoms with Crippen LogP contribution in [0.5, 0.6) is 0 Å². The number of hydrogen-bond donors (Lipinski definition) is 2.